The number of ether oxygens (including phenoxy) is 1. The second-order valence-electron chi connectivity index (χ2n) is 16.8. The number of carbonyl (C=O) groups is 5. The topological polar surface area (TPSA) is 221 Å². The zero-order valence-electron chi connectivity index (χ0n) is 37.7. The Morgan fingerprint density at radius 1 is 0.892 bits per heavy atom. The molecule has 4 amide bonds. The number of carboxylic acids is 1. The molecule has 1 aromatic heterocycles. The maximum atomic E-state index is 13.9. The van der Waals surface area contributed by atoms with Gasteiger partial charge in [-0.25, -0.2) is 9.59 Å². The van der Waals surface area contributed by atoms with Gasteiger partial charge in [-0.05, 0) is 149 Å². The summed E-state index contributed by atoms with van der Waals surface area (Å²) in [4.78, 5) is 63.8. The number of benzene rings is 3. The van der Waals surface area contributed by atoms with Gasteiger partial charge < -0.3 is 36.0 Å². The van der Waals surface area contributed by atoms with Crippen molar-refractivity contribution in [1.29, 1.82) is 0 Å². The summed E-state index contributed by atoms with van der Waals surface area (Å²) < 4.78 is 37.1. The first-order chi connectivity index (χ1) is 30.8. The molecule has 352 valence electrons. The van der Waals surface area contributed by atoms with E-state index >= 15 is 0 Å². The minimum absolute atomic E-state index is 0.0814. The van der Waals surface area contributed by atoms with Gasteiger partial charge in [-0.3, -0.25) is 14.4 Å². The van der Waals surface area contributed by atoms with E-state index in [9.17, 15) is 32.3 Å². The Kier molecular flexibility index (Phi) is 19.0. The summed E-state index contributed by atoms with van der Waals surface area (Å²) >= 11 is 0. The number of tetrazole rings is 1. The number of H-pyrrole nitrogens is 1. The molecule has 3 aromatic carbocycles. The fourth-order valence-electron chi connectivity index (χ4n) is 7.22. The van der Waals surface area contributed by atoms with E-state index in [4.69, 9.17) is 14.6 Å². The van der Waals surface area contributed by atoms with Gasteiger partial charge in [0.05, 0.1) is 0 Å². The van der Waals surface area contributed by atoms with Crippen LogP contribution in [-0.2, 0) is 25.5 Å². The molecule has 1 atom stereocenters. The van der Waals surface area contributed by atoms with Crippen LogP contribution in [0.2, 0.25) is 0 Å². The van der Waals surface area contributed by atoms with E-state index in [0.717, 1.165) is 66.7 Å². The fraction of sp³-hybridized carbons (Fsp3) is 0.478. The minimum Gasteiger partial charge on any atom is -0.475 e. The van der Waals surface area contributed by atoms with Crippen LogP contribution in [0.4, 0.5) is 23.7 Å². The van der Waals surface area contributed by atoms with Crippen LogP contribution in [0.1, 0.15) is 88.2 Å². The number of carbonyl (C=O) groups excluding carboxylic acids is 4. The molecule has 1 aliphatic carbocycles. The van der Waals surface area contributed by atoms with Gasteiger partial charge in [-0.1, -0.05) is 44.2 Å². The van der Waals surface area contributed by atoms with E-state index in [1.54, 1.807) is 24.3 Å². The average molecular weight is 908 g/mol. The highest BCUT2D eigenvalue weighted by atomic mass is 19.4. The molecule has 0 unspecified atom stereocenters. The molecule has 19 heteroatoms. The van der Waals surface area contributed by atoms with Gasteiger partial charge in [0, 0.05) is 42.2 Å². The van der Waals surface area contributed by atoms with Crippen molar-refractivity contribution >= 4 is 35.5 Å². The number of aryl methyl sites for hydroxylation is 1. The van der Waals surface area contributed by atoms with E-state index < -0.39 is 29.9 Å². The number of amides is 4. The van der Waals surface area contributed by atoms with Crippen LogP contribution in [0, 0.1) is 18.8 Å². The van der Waals surface area contributed by atoms with E-state index in [1.807, 2.05) is 70.2 Å². The van der Waals surface area contributed by atoms with Gasteiger partial charge in [0.1, 0.15) is 11.6 Å². The molecule has 5 rings (SSSR count). The van der Waals surface area contributed by atoms with Crippen molar-refractivity contribution in [1.82, 2.24) is 41.5 Å². The standard InChI is InChI=1S/C44H59N9O5.C2HF3O2/c1-7-53(8-2)25-9-24-45-40(54)35-20-23-37(29(3)26-35)32-14-10-30(11-15-32)27-38(42(56)47-36-21-18-33(19-22-36)39-49-51-52-50-39)48-41(55)34-16-12-31(13-17-34)28-46-43(57)58-44(4,5)6;3-2(4,5)1(6)7/h10-11,14-15,18-23,26,31,34,38H,7-9,12-13,16-17,24-25,27-28H2,1-6H3,(H,45,54)(H,46,57)(H,47,56)(H,48,55)(H,49,50,51,52);(H,6,7)/t31?,34?,38-;/m0./s1. The number of aromatic amines is 1. The molecule has 1 fully saturated rings. The Hall–Kier alpha value is -6.37. The molecule has 0 spiro atoms. The molecule has 1 aliphatic rings. The van der Waals surface area contributed by atoms with Crippen LogP contribution in [-0.4, -0.2) is 111 Å². The molecule has 16 nitrogen and oxygen atoms in total. The summed E-state index contributed by atoms with van der Waals surface area (Å²) in [6.45, 7) is 15.8. The number of hydrogen-bond donors (Lipinski definition) is 6. The highest BCUT2D eigenvalue weighted by Crippen LogP contribution is 2.30. The maximum Gasteiger partial charge on any atom is 0.490 e. The molecule has 0 saturated heterocycles. The average Bonchev–Trinajstić information content (AvgIpc) is 3.81. The zero-order chi connectivity index (χ0) is 47.7. The summed E-state index contributed by atoms with van der Waals surface area (Å²) in [5, 5.41) is 33.1. The number of nitrogens with one attached hydrogen (secondary N) is 5. The van der Waals surface area contributed by atoms with Crippen LogP contribution >= 0.6 is 0 Å². The first kappa shape index (κ1) is 51.3. The van der Waals surface area contributed by atoms with Crippen LogP contribution in [0.5, 0.6) is 0 Å². The number of hydrogen-bond acceptors (Lipinski definition) is 10. The van der Waals surface area contributed by atoms with Gasteiger partial charge in [-0.2, -0.15) is 18.4 Å². The van der Waals surface area contributed by atoms with E-state index in [2.05, 4.69) is 60.6 Å². The summed E-state index contributed by atoms with van der Waals surface area (Å²) in [5.74, 6) is -2.89. The van der Waals surface area contributed by atoms with Crippen molar-refractivity contribution in [3.05, 3.63) is 83.4 Å². The monoisotopic (exact) mass is 907 g/mol. The molecular weight excluding hydrogens is 848 g/mol. The van der Waals surface area contributed by atoms with Crippen molar-refractivity contribution in [2.75, 3.05) is 38.0 Å². The number of alkyl halides is 3. The van der Waals surface area contributed by atoms with Crippen molar-refractivity contribution in [3.8, 4) is 22.5 Å². The predicted molar refractivity (Wildman–Crippen MR) is 239 cm³/mol. The third kappa shape index (κ3) is 16.9. The number of nitrogens with zero attached hydrogens (tertiary/aromatic N) is 4. The molecule has 1 saturated carbocycles. The van der Waals surface area contributed by atoms with E-state index in [0.29, 0.717) is 43.0 Å². The van der Waals surface area contributed by atoms with Gasteiger partial charge in [0.15, 0.2) is 0 Å². The van der Waals surface area contributed by atoms with Gasteiger partial charge >= 0.3 is 18.2 Å². The lowest BCUT2D eigenvalue weighted by Gasteiger charge is -2.29. The summed E-state index contributed by atoms with van der Waals surface area (Å²) in [5.41, 5.74) is 5.22. The largest absolute Gasteiger partial charge is 0.490 e. The molecule has 65 heavy (non-hydrogen) atoms. The summed E-state index contributed by atoms with van der Waals surface area (Å²) in [7, 11) is 0. The number of carboxylic acid groups (broad SMARTS) is 1. The lowest BCUT2D eigenvalue weighted by Crippen LogP contribution is -2.48. The van der Waals surface area contributed by atoms with E-state index in [-0.39, 0.29) is 36.0 Å². The normalized spacial score (nSPS) is 15.5. The van der Waals surface area contributed by atoms with E-state index in [1.165, 1.54) is 0 Å². The first-order valence-corrected chi connectivity index (χ1v) is 21.7. The van der Waals surface area contributed by atoms with Crippen molar-refractivity contribution in [2.24, 2.45) is 11.8 Å². The molecule has 1 heterocycles. The van der Waals surface area contributed by atoms with Gasteiger partial charge in [-0.15, -0.1) is 10.2 Å². The van der Waals surface area contributed by atoms with Crippen molar-refractivity contribution < 1.29 is 47.0 Å². The third-order valence-corrected chi connectivity index (χ3v) is 10.8. The van der Waals surface area contributed by atoms with Crippen LogP contribution in [0.25, 0.3) is 22.5 Å². The quantitative estimate of drug-likeness (QED) is 0.0597. The number of alkyl carbamates (subject to hydrolysis) is 1. The molecule has 0 radical (unpaired) electrons. The van der Waals surface area contributed by atoms with Gasteiger partial charge in [0.2, 0.25) is 17.6 Å². The smallest absolute Gasteiger partial charge is 0.475 e. The second kappa shape index (κ2) is 24.1. The Bertz CT molecular complexity index is 2170. The van der Waals surface area contributed by atoms with Crippen LogP contribution in [0.3, 0.4) is 0 Å². The van der Waals surface area contributed by atoms with Crippen LogP contribution < -0.4 is 21.3 Å². The minimum atomic E-state index is -5.08. The Labute approximate surface area is 376 Å². The predicted octanol–water partition coefficient (Wildman–Crippen LogP) is 6.93. The summed E-state index contributed by atoms with van der Waals surface area (Å²) in [6.07, 6.45) is -1.48. The first-order valence-electron chi connectivity index (χ1n) is 21.7. The van der Waals surface area contributed by atoms with Crippen molar-refractivity contribution in [3.63, 3.8) is 0 Å². The molecule has 4 aromatic rings. The highest BCUT2D eigenvalue weighted by molar-refractivity contribution is 5.98. The number of anilines is 1. The maximum absolute atomic E-state index is 13.9. The Morgan fingerprint density at radius 3 is 2.08 bits per heavy atom. The third-order valence-electron chi connectivity index (χ3n) is 10.8. The highest BCUT2D eigenvalue weighted by Gasteiger charge is 2.38. The zero-order valence-corrected chi connectivity index (χ0v) is 37.7. The summed E-state index contributed by atoms with van der Waals surface area (Å²) in [6, 6.07) is 20.0. The SMILES string of the molecule is CCN(CC)CCCNC(=O)c1ccc(-c2ccc(C[C@H](NC(=O)C3CCC(CNC(=O)OC(C)(C)C)CC3)C(=O)Nc3ccc(-c4nn[nH]n4)cc3)cc2)c(C)c1.O=C(O)C(F)(F)F. The molecular formula is C46H60F3N9O7. The molecule has 0 bridgehead atoms. The van der Waals surface area contributed by atoms with Crippen molar-refractivity contribution in [2.45, 2.75) is 97.9 Å². The Morgan fingerprint density at radius 2 is 1.52 bits per heavy atom. The number of aliphatic carboxylic acids is 1. The lowest BCUT2D eigenvalue weighted by molar-refractivity contribution is -0.192. The van der Waals surface area contributed by atoms with Gasteiger partial charge in [0.25, 0.3) is 5.91 Å². The van der Waals surface area contributed by atoms with Crippen LogP contribution in [0.15, 0.2) is 66.7 Å². The lowest BCUT2D eigenvalue weighted by atomic mass is 9.81. The number of halogens is 3. The Balaban J connectivity index is 0.00000122. The fourth-order valence-corrected chi connectivity index (χ4v) is 7.22. The number of rotatable bonds is 17. The molecule has 0 aliphatic heterocycles. The number of aromatic nitrogens is 4. The second-order valence-corrected chi connectivity index (χ2v) is 16.8. The molecule has 6 N–H and O–H groups in total.